The number of halogens is 1. The third-order valence-corrected chi connectivity index (χ3v) is 6.55. The van der Waals surface area contributed by atoms with Crippen LogP contribution in [0.2, 0.25) is 0 Å². The first-order chi connectivity index (χ1) is 19.3. The summed E-state index contributed by atoms with van der Waals surface area (Å²) in [6.45, 7) is 1.85. The van der Waals surface area contributed by atoms with Crippen molar-refractivity contribution in [3.05, 3.63) is 107 Å². The Morgan fingerprint density at radius 3 is 2.05 bits per heavy atom. The lowest BCUT2D eigenvalue weighted by Crippen LogP contribution is -2.12. The fourth-order valence-corrected chi connectivity index (χ4v) is 4.51. The third-order valence-electron chi connectivity index (χ3n) is 5.63. The zero-order chi connectivity index (χ0) is 28.6. The van der Waals surface area contributed by atoms with Crippen LogP contribution >= 0.6 is 11.8 Å². The molecule has 0 amide bonds. The van der Waals surface area contributed by atoms with Crippen molar-refractivity contribution in [2.45, 2.75) is 17.8 Å². The SMILES string of the molecule is CCOC(=O)c1c(-c2ccccc2)nc(SCc2ccc(/C(O)=C/C(=O)C(=O)O)cc2)nc1-c1ccc(F)cc1. The first-order valence-electron chi connectivity index (χ1n) is 12.1. The van der Waals surface area contributed by atoms with Gasteiger partial charge in [-0.2, -0.15) is 0 Å². The lowest BCUT2D eigenvalue weighted by molar-refractivity contribution is -0.146. The number of carbonyl (C=O) groups is 3. The molecule has 202 valence electrons. The summed E-state index contributed by atoms with van der Waals surface area (Å²) in [5.74, 6) is -3.96. The van der Waals surface area contributed by atoms with Crippen molar-refractivity contribution in [3.8, 4) is 22.5 Å². The molecular formula is C30H23FN2O6S. The van der Waals surface area contributed by atoms with Crippen molar-refractivity contribution in [2.75, 3.05) is 6.61 Å². The summed E-state index contributed by atoms with van der Waals surface area (Å²) in [6.07, 6.45) is 0.646. The van der Waals surface area contributed by atoms with Gasteiger partial charge in [0.2, 0.25) is 0 Å². The van der Waals surface area contributed by atoms with Crippen LogP contribution in [0.25, 0.3) is 28.3 Å². The Kier molecular flexibility index (Phi) is 9.03. The van der Waals surface area contributed by atoms with Crippen molar-refractivity contribution >= 4 is 35.2 Å². The molecule has 3 aromatic carbocycles. The monoisotopic (exact) mass is 558 g/mol. The Labute approximate surface area is 233 Å². The number of nitrogens with zero attached hydrogens (tertiary/aromatic N) is 2. The fourth-order valence-electron chi connectivity index (χ4n) is 3.71. The van der Waals surface area contributed by atoms with Crippen LogP contribution in [0.15, 0.2) is 90.1 Å². The van der Waals surface area contributed by atoms with Gasteiger partial charge in [0.1, 0.15) is 17.1 Å². The number of aromatic nitrogens is 2. The second kappa shape index (κ2) is 12.8. The maximum atomic E-state index is 13.7. The van der Waals surface area contributed by atoms with E-state index >= 15 is 0 Å². The molecule has 40 heavy (non-hydrogen) atoms. The lowest BCUT2D eigenvalue weighted by atomic mass is 10.0. The van der Waals surface area contributed by atoms with E-state index in [1.54, 1.807) is 31.2 Å². The van der Waals surface area contributed by atoms with Crippen molar-refractivity contribution < 1.29 is 33.7 Å². The predicted molar refractivity (Wildman–Crippen MR) is 148 cm³/mol. The summed E-state index contributed by atoms with van der Waals surface area (Å²) >= 11 is 1.30. The van der Waals surface area contributed by atoms with E-state index in [0.29, 0.717) is 39.5 Å². The minimum atomic E-state index is -1.66. The normalized spacial score (nSPS) is 11.2. The number of carbonyl (C=O) groups excluding carboxylic acids is 2. The summed E-state index contributed by atoms with van der Waals surface area (Å²) in [5, 5.41) is 19.1. The largest absolute Gasteiger partial charge is 0.507 e. The van der Waals surface area contributed by atoms with Crippen LogP contribution in [-0.4, -0.2) is 44.5 Å². The highest BCUT2D eigenvalue weighted by Crippen LogP contribution is 2.34. The van der Waals surface area contributed by atoms with E-state index in [-0.39, 0.29) is 17.7 Å². The van der Waals surface area contributed by atoms with Gasteiger partial charge in [0.15, 0.2) is 5.16 Å². The Morgan fingerprint density at radius 2 is 1.48 bits per heavy atom. The quantitative estimate of drug-likeness (QED) is 0.0604. The Bertz CT molecular complexity index is 1570. The summed E-state index contributed by atoms with van der Waals surface area (Å²) in [7, 11) is 0. The zero-order valence-corrected chi connectivity index (χ0v) is 22.0. The molecule has 0 saturated carbocycles. The molecule has 2 N–H and O–H groups in total. The van der Waals surface area contributed by atoms with Gasteiger partial charge in [0.25, 0.3) is 5.78 Å². The highest BCUT2D eigenvalue weighted by Gasteiger charge is 2.24. The molecule has 0 aliphatic carbocycles. The van der Waals surface area contributed by atoms with Gasteiger partial charge >= 0.3 is 11.9 Å². The van der Waals surface area contributed by atoms with Crippen molar-refractivity contribution in [1.29, 1.82) is 0 Å². The number of esters is 1. The van der Waals surface area contributed by atoms with Crippen molar-refractivity contribution in [1.82, 2.24) is 9.97 Å². The van der Waals surface area contributed by atoms with E-state index in [9.17, 15) is 23.9 Å². The third kappa shape index (κ3) is 6.78. The van der Waals surface area contributed by atoms with Crippen LogP contribution in [-0.2, 0) is 20.1 Å². The minimum absolute atomic E-state index is 0.150. The van der Waals surface area contributed by atoms with E-state index in [2.05, 4.69) is 4.98 Å². The number of aliphatic hydroxyl groups excluding tert-OH is 1. The van der Waals surface area contributed by atoms with Crippen LogP contribution < -0.4 is 0 Å². The maximum Gasteiger partial charge on any atom is 0.376 e. The summed E-state index contributed by atoms with van der Waals surface area (Å²) in [5.41, 5.74) is 3.17. The first kappa shape index (κ1) is 28.2. The number of thioether (sulfide) groups is 1. The highest BCUT2D eigenvalue weighted by atomic mass is 32.2. The lowest BCUT2D eigenvalue weighted by Gasteiger charge is -2.15. The first-order valence-corrected chi connectivity index (χ1v) is 13.1. The Morgan fingerprint density at radius 1 is 0.875 bits per heavy atom. The molecule has 0 aliphatic rings. The summed E-state index contributed by atoms with van der Waals surface area (Å²) in [4.78, 5) is 44.5. The van der Waals surface area contributed by atoms with Gasteiger partial charge in [0.05, 0.1) is 18.0 Å². The maximum absolute atomic E-state index is 13.7. The number of rotatable bonds is 10. The molecule has 4 rings (SSSR count). The average Bonchev–Trinajstić information content (AvgIpc) is 2.96. The van der Waals surface area contributed by atoms with Crippen molar-refractivity contribution in [3.63, 3.8) is 0 Å². The van der Waals surface area contributed by atoms with E-state index in [1.165, 1.54) is 36.0 Å². The number of aliphatic hydroxyl groups is 1. The molecule has 4 aromatic rings. The fraction of sp³-hybridized carbons (Fsp3) is 0.100. The molecule has 0 radical (unpaired) electrons. The molecule has 10 heteroatoms. The van der Waals surface area contributed by atoms with Gasteiger partial charge in [-0.25, -0.2) is 23.9 Å². The molecule has 1 heterocycles. The van der Waals surface area contributed by atoms with E-state index in [4.69, 9.17) is 14.8 Å². The molecule has 0 saturated heterocycles. The summed E-state index contributed by atoms with van der Waals surface area (Å²) in [6, 6.07) is 21.3. The number of ketones is 1. The second-order valence-electron chi connectivity index (χ2n) is 8.36. The molecule has 1 aromatic heterocycles. The Hall–Kier alpha value is -4.83. The van der Waals surface area contributed by atoms with Gasteiger partial charge in [0, 0.05) is 28.5 Å². The zero-order valence-electron chi connectivity index (χ0n) is 21.2. The topological polar surface area (TPSA) is 127 Å². The van der Waals surface area contributed by atoms with Crippen molar-refractivity contribution in [2.24, 2.45) is 0 Å². The standard InChI is InChI=1S/C30H23FN2O6S/c1-2-39-29(38)25-26(20-6-4-3-5-7-20)32-30(33-27(25)21-12-14-22(31)15-13-21)40-17-18-8-10-19(11-9-18)23(34)16-24(35)28(36)37/h3-16,34H,2,17H2,1H3,(H,36,37)/b23-16-. The Balaban J connectivity index is 1.71. The molecular weight excluding hydrogens is 535 g/mol. The van der Waals surface area contributed by atoms with Gasteiger partial charge in [-0.15, -0.1) is 0 Å². The van der Waals surface area contributed by atoms with Crippen LogP contribution in [0, 0.1) is 5.82 Å². The predicted octanol–water partition coefficient (Wildman–Crippen LogP) is 5.97. The number of carboxylic acid groups (broad SMARTS) is 1. The number of ether oxygens (including phenoxy) is 1. The number of hydrogen-bond acceptors (Lipinski definition) is 8. The average molecular weight is 559 g/mol. The number of hydrogen-bond donors (Lipinski definition) is 2. The van der Waals surface area contributed by atoms with Crippen LogP contribution in [0.5, 0.6) is 0 Å². The van der Waals surface area contributed by atoms with Crippen LogP contribution in [0.4, 0.5) is 4.39 Å². The molecule has 0 bridgehead atoms. The van der Waals surface area contributed by atoms with Gasteiger partial charge in [-0.05, 0) is 36.8 Å². The summed E-state index contributed by atoms with van der Waals surface area (Å²) < 4.78 is 19.0. The molecule has 0 spiro atoms. The second-order valence-corrected chi connectivity index (χ2v) is 9.30. The van der Waals surface area contributed by atoms with Gasteiger partial charge < -0.3 is 14.9 Å². The molecule has 0 unspecified atom stereocenters. The molecule has 0 fully saturated rings. The van der Waals surface area contributed by atoms with E-state index in [0.717, 1.165) is 5.56 Å². The highest BCUT2D eigenvalue weighted by molar-refractivity contribution is 7.98. The van der Waals surface area contributed by atoms with Gasteiger partial charge in [-0.1, -0.05) is 66.4 Å². The van der Waals surface area contributed by atoms with E-state index < -0.39 is 29.3 Å². The van der Waals surface area contributed by atoms with Crippen LogP contribution in [0.3, 0.4) is 0 Å². The molecule has 8 nitrogen and oxygen atoms in total. The van der Waals surface area contributed by atoms with Crippen LogP contribution in [0.1, 0.15) is 28.4 Å². The van der Waals surface area contributed by atoms with E-state index in [1.807, 2.05) is 30.3 Å². The number of benzene rings is 3. The number of aliphatic carboxylic acids is 1. The molecule has 0 aliphatic heterocycles. The smallest absolute Gasteiger partial charge is 0.376 e. The minimum Gasteiger partial charge on any atom is -0.507 e. The molecule has 0 atom stereocenters. The number of carboxylic acids is 1. The van der Waals surface area contributed by atoms with Gasteiger partial charge in [-0.3, -0.25) is 4.79 Å².